The summed E-state index contributed by atoms with van der Waals surface area (Å²) in [5.74, 6) is 0. The molecule has 0 spiro atoms. The minimum atomic E-state index is 0.253. The number of nitrogens with zero attached hydrogens (tertiary/aromatic N) is 2. The van der Waals surface area contributed by atoms with Crippen LogP contribution in [0.2, 0.25) is 0 Å². The highest BCUT2D eigenvalue weighted by molar-refractivity contribution is 5.52. The molecule has 1 N–H and O–H groups in total. The second kappa shape index (κ2) is 3.88. The Kier molecular flexibility index (Phi) is 3.25. The summed E-state index contributed by atoms with van der Waals surface area (Å²) in [5, 5.41) is 11.6. The Morgan fingerprint density at radius 3 is 3.00 bits per heavy atom. The third-order valence-electron chi connectivity index (χ3n) is 0.464. The molecular weight excluding hydrogens is 102 g/mol. The molecular formula is C5H7N3. The fourth-order valence-electron chi connectivity index (χ4n) is 0.167. The molecule has 0 aromatic carbocycles. The van der Waals surface area contributed by atoms with Crippen molar-refractivity contribution >= 4 is 6.21 Å². The maximum Gasteiger partial charge on any atom is 0.126 e. The monoisotopic (exact) mass is 109 g/mol. The van der Waals surface area contributed by atoms with Crippen LogP contribution in [-0.2, 0) is 0 Å². The summed E-state index contributed by atoms with van der Waals surface area (Å²) in [6.07, 6.45) is 1.54. The van der Waals surface area contributed by atoms with Crippen molar-refractivity contribution in [3.63, 3.8) is 0 Å². The van der Waals surface area contributed by atoms with Gasteiger partial charge in [-0.3, -0.25) is 5.43 Å². The normalized spacial score (nSPS) is 8.50. The number of hydrazone groups is 1. The van der Waals surface area contributed by atoms with Gasteiger partial charge in [-0.1, -0.05) is 6.58 Å². The summed E-state index contributed by atoms with van der Waals surface area (Å²) in [6.45, 7) is 5.07. The first-order valence-electron chi connectivity index (χ1n) is 2.14. The zero-order valence-electron chi connectivity index (χ0n) is 4.68. The fourth-order valence-corrected chi connectivity index (χ4v) is 0.167. The van der Waals surface area contributed by atoms with E-state index in [9.17, 15) is 0 Å². The van der Waals surface area contributed by atoms with Gasteiger partial charge in [-0.2, -0.15) is 10.4 Å². The molecule has 0 aliphatic heterocycles. The third-order valence-corrected chi connectivity index (χ3v) is 0.464. The van der Waals surface area contributed by atoms with Crippen molar-refractivity contribution in [2.24, 2.45) is 5.10 Å². The van der Waals surface area contributed by atoms with Crippen LogP contribution in [0.5, 0.6) is 0 Å². The SMILES string of the molecule is C=C(C#N)N/N=C\C. The van der Waals surface area contributed by atoms with Gasteiger partial charge in [-0.05, 0) is 6.92 Å². The molecule has 0 saturated carbocycles. The third kappa shape index (κ3) is 2.91. The molecule has 0 aromatic heterocycles. The van der Waals surface area contributed by atoms with Gasteiger partial charge in [0.2, 0.25) is 0 Å². The van der Waals surface area contributed by atoms with Crippen molar-refractivity contribution in [3.8, 4) is 6.07 Å². The van der Waals surface area contributed by atoms with E-state index in [2.05, 4.69) is 17.1 Å². The predicted molar refractivity (Wildman–Crippen MR) is 32.1 cm³/mol. The van der Waals surface area contributed by atoms with Crippen molar-refractivity contribution < 1.29 is 0 Å². The van der Waals surface area contributed by atoms with E-state index in [4.69, 9.17) is 5.26 Å². The lowest BCUT2D eigenvalue weighted by atomic mass is 10.6. The molecule has 0 rings (SSSR count). The van der Waals surface area contributed by atoms with Crippen LogP contribution in [0.4, 0.5) is 0 Å². The number of nitrogens with one attached hydrogen (secondary N) is 1. The number of allylic oxidation sites excluding steroid dienone is 1. The highest BCUT2D eigenvalue weighted by Gasteiger charge is 1.78. The van der Waals surface area contributed by atoms with Crippen LogP contribution < -0.4 is 5.43 Å². The minimum Gasteiger partial charge on any atom is -0.269 e. The zero-order valence-corrected chi connectivity index (χ0v) is 4.68. The Bertz CT molecular complexity index is 140. The average molecular weight is 109 g/mol. The number of nitriles is 1. The predicted octanol–water partition coefficient (Wildman–Crippen LogP) is 0.619. The van der Waals surface area contributed by atoms with E-state index in [1.54, 1.807) is 19.2 Å². The molecule has 0 aliphatic carbocycles. The first-order valence-corrected chi connectivity index (χ1v) is 2.14. The lowest BCUT2D eigenvalue weighted by Crippen LogP contribution is -2.00. The first kappa shape index (κ1) is 6.70. The van der Waals surface area contributed by atoms with Crippen LogP contribution in [0, 0.1) is 11.3 Å². The van der Waals surface area contributed by atoms with E-state index in [1.807, 2.05) is 0 Å². The quantitative estimate of drug-likeness (QED) is 0.321. The van der Waals surface area contributed by atoms with Crippen LogP contribution in [0.25, 0.3) is 0 Å². The van der Waals surface area contributed by atoms with E-state index in [0.717, 1.165) is 0 Å². The van der Waals surface area contributed by atoms with Gasteiger partial charge in [0, 0.05) is 6.21 Å². The second-order valence-corrected chi connectivity index (χ2v) is 1.09. The lowest BCUT2D eigenvalue weighted by Gasteiger charge is -1.88. The summed E-state index contributed by atoms with van der Waals surface area (Å²) < 4.78 is 0. The molecule has 0 aromatic rings. The van der Waals surface area contributed by atoms with Gasteiger partial charge in [0.05, 0.1) is 0 Å². The largest absolute Gasteiger partial charge is 0.269 e. The van der Waals surface area contributed by atoms with E-state index >= 15 is 0 Å². The Morgan fingerprint density at radius 2 is 2.62 bits per heavy atom. The van der Waals surface area contributed by atoms with E-state index in [1.165, 1.54) is 0 Å². The molecule has 0 amide bonds. The van der Waals surface area contributed by atoms with Gasteiger partial charge < -0.3 is 0 Å². The number of hydrogen-bond donors (Lipinski definition) is 1. The van der Waals surface area contributed by atoms with Crippen LogP contribution in [0.1, 0.15) is 6.92 Å². The second-order valence-electron chi connectivity index (χ2n) is 1.09. The van der Waals surface area contributed by atoms with Crippen molar-refractivity contribution in [2.45, 2.75) is 6.92 Å². The van der Waals surface area contributed by atoms with Gasteiger partial charge in [0.1, 0.15) is 11.8 Å². The van der Waals surface area contributed by atoms with Gasteiger partial charge in [-0.15, -0.1) is 0 Å². The van der Waals surface area contributed by atoms with Crippen molar-refractivity contribution in [1.29, 1.82) is 5.26 Å². The molecule has 3 nitrogen and oxygen atoms in total. The molecule has 0 heterocycles. The van der Waals surface area contributed by atoms with Crippen LogP contribution in [0.15, 0.2) is 17.4 Å². The van der Waals surface area contributed by atoms with Crippen molar-refractivity contribution in [3.05, 3.63) is 12.3 Å². The molecule has 0 fully saturated rings. The summed E-state index contributed by atoms with van der Waals surface area (Å²) in [5.41, 5.74) is 2.65. The maximum absolute atomic E-state index is 8.08. The Balaban J connectivity index is 3.44. The highest BCUT2D eigenvalue weighted by atomic mass is 15.3. The fraction of sp³-hybridized carbons (Fsp3) is 0.200. The summed E-state index contributed by atoms with van der Waals surface area (Å²) in [4.78, 5) is 0. The topological polar surface area (TPSA) is 48.2 Å². The molecule has 0 unspecified atom stereocenters. The first-order chi connectivity index (χ1) is 3.81. The van der Waals surface area contributed by atoms with E-state index in [0.29, 0.717) is 0 Å². The molecule has 42 valence electrons. The summed E-state index contributed by atoms with van der Waals surface area (Å²) in [7, 11) is 0. The Hall–Kier alpha value is -1.30. The van der Waals surface area contributed by atoms with Crippen molar-refractivity contribution in [1.82, 2.24) is 5.43 Å². The standard InChI is InChI=1S/C5H7N3/c1-3-7-8-5(2)4-6/h3,8H,2H2,1H3/b7-3-. The Morgan fingerprint density at radius 1 is 2.00 bits per heavy atom. The van der Waals surface area contributed by atoms with E-state index in [-0.39, 0.29) is 5.70 Å². The summed E-state index contributed by atoms with van der Waals surface area (Å²) >= 11 is 0. The Labute approximate surface area is 48.3 Å². The smallest absolute Gasteiger partial charge is 0.126 e. The minimum absolute atomic E-state index is 0.253. The van der Waals surface area contributed by atoms with Crippen LogP contribution in [-0.4, -0.2) is 6.21 Å². The van der Waals surface area contributed by atoms with Gasteiger partial charge in [-0.25, -0.2) is 0 Å². The maximum atomic E-state index is 8.08. The van der Waals surface area contributed by atoms with Crippen LogP contribution in [0.3, 0.4) is 0 Å². The lowest BCUT2D eigenvalue weighted by molar-refractivity contribution is 0.932. The summed E-state index contributed by atoms with van der Waals surface area (Å²) in [6, 6.07) is 1.78. The number of hydrogen-bond acceptors (Lipinski definition) is 3. The molecule has 0 atom stereocenters. The van der Waals surface area contributed by atoms with Crippen LogP contribution >= 0.6 is 0 Å². The molecule has 3 heteroatoms. The molecule has 0 bridgehead atoms. The molecule has 0 aliphatic rings. The van der Waals surface area contributed by atoms with Crippen molar-refractivity contribution in [2.75, 3.05) is 0 Å². The van der Waals surface area contributed by atoms with E-state index < -0.39 is 0 Å². The average Bonchev–Trinajstić information content (AvgIpc) is 1.83. The number of rotatable bonds is 2. The highest BCUT2D eigenvalue weighted by Crippen LogP contribution is 1.74. The zero-order chi connectivity index (χ0) is 6.41. The van der Waals surface area contributed by atoms with Gasteiger partial charge in [0.15, 0.2) is 0 Å². The molecule has 0 radical (unpaired) electrons. The van der Waals surface area contributed by atoms with Gasteiger partial charge >= 0.3 is 0 Å². The van der Waals surface area contributed by atoms with Gasteiger partial charge in [0.25, 0.3) is 0 Å². The molecule has 8 heavy (non-hydrogen) atoms. The molecule has 0 saturated heterocycles.